The first kappa shape index (κ1) is 24.6. The highest BCUT2D eigenvalue weighted by Crippen LogP contribution is 2.47. The Bertz CT molecular complexity index is 1320. The van der Waals surface area contributed by atoms with Gasteiger partial charge in [0.15, 0.2) is 11.5 Å². The molecular weight excluding hydrogens is 472 g/mol. The smallest absolute Gasteiger partial charge is 0.309 e. The summed E-state index contributed by atoms with van der Waals surface area (Å²) < 4.78 is 16.3. The lowest BCUT2D eigenvalue weighted by Crippen LogP contribution is -2.35. The molecule has 192 valence electrons. The number of ether oxygens (including phenoxy) is 3. The summed E-state index contributed by atoms with van der Waals surface area (Å²) in [5.41, 5.74) is 4.50. The molecule has 8 heteroatoms. The number of carbonyl (C=O) groups is 2. The van der Waals surface area contributed by atoms with Gasteiger partial charge in [0, 0.05) is 24.2 Å². The van der Waals surface area contributed by atoms with Gasteiger partial charge in [-0.15, -0.1) is 0 Å². The molecule has 1 amide bonds. The Morgan fingerprint density at radius 3 is 2.43 bits per heavy atom. The second kappa shape index (κ2) is 10.1. The highest BCUT2D eigenvalue weighted by atomic mass is 16.7. The minimum absolute atomic E-state index is 0.0504. The first-order valence-electron chi connectivity index (χ1n) is 12.2. The van der Waals surface area contributed by atoms with E-state index in [0.717, 1.165) is 27.9 Å². The van der Waals surface area contributed by atoms with Crippen LogP contribution in [0.15, 0.2) is 60.7 Å². The SMILES string of the molecule is COc1ccc(C2C(C(=O)O)C(c3ccc4c(c3)OCO4)CN2CC(=O)Nc2ccc(C)cc2C)cc1. The number of fused-ring (bicyclic) bond motifs is 1. The molecule has 1 saturated heterocycles. The Morgan fingerprint density at radius 1 is 1.00 bits per heavy atom. The number of hydrogen-bond acceptors (Lipinski definition) is 6. The van der Waals surface area contributed by atoms with E-state index in [1.54, 1.807) is 7.11 Å². The number of aryl methyl sites for hydroxylation is 2. The molecule has 3 aromatic rings. The maximum atomic E-state index is 13.2. The van der Waals surface area contributed by atoms with Gasteiger partial charge in [0.05, 0.1) is 19.6 Å². The Morgan fingerprint density at radius 2 is 1.73 bits per heavy atom. The maximum Gasteiger partial charge on any atom is 0.309 e. The predicted molar refractivity (Wildman–Crippen MR) is 138 cm³/mol. The molecule has 0 saturated carbocycles. The van der Waals surface area contributed by atoms with Crippen LogP contribution in [0.3, 0.4) is 0 Å². The summed E-state index contributed by atoms with van der Waals surface area (Å²) in [4.78, 5) is 27.9. The van der Waals surface area contributed by atoms with Crippen molar-refractivity contribution < 1.29 is 28.9 Å². The van der Waals surface area contributed by atoms with Gasteiger partial charge in [-0.2, -0.15) is 0 Å². The van der Waals surface area contributed by atoms with E-state index in [0.29, 0.717) is 23.8 Å². The molecule has 2 aliphatic heterocycles. The van der Waals surface area contributed by atoms with Crippen molar-refractivity contribution in [2.75, 3.05) is 32.3 Å². The molecule has 3 aromatic carbocycles. The predicted octanol–water partition coefficient (Wildman–Crippen LogP) is 4.52. The number of nitrogens with one attached hydrogen (secondary N) is 1. The van der Waals surface area contributed by atoms with Crippen molar-refractivity contribution in [3.63, 3.8) is 0 Å². The van der Waals surface area contributed by atoms with Crippen LogP contribution in [0.2, 0.25) is 0 Å². The van der Waals surface area contributed by atoms with E-state index in [1.807, 2.05) is 79.4 Å². The fraction of sp³-hybridized carbons (Fsp3) is 0.310. The second-order valence-corrected chi connectivity index (χ2v) is 9.60. The van der Waals surface area contributed by atoms with Gasteiger partial charge in [-0.1, -0.05) is 35.9 Å². The number of likely N-dealkylation sites (tertiary alicyclic amines) is 1. The van der Waals surface area contributed by atoms with E-state index in [1.165, 1.54) is 0 Å². The molecule has 0 spiro atoms. The lowest BCUT2D eigenvalue weighted by molar-refractivity contribution is -0.143. The van der Waals surface area contributed by atoms with E-state index in [2.05, 4.69) is 5.32 Å². The Balaban J connectivity index is 1.47. The van der Waals surface area contributed by atoms with E-state index in [-0.39, 0.29) is 25.2 Å². The third-order valence-corrected chi connectivity index (χ3v) is 7.17. The van der Waals surface area contributed by atoms with Crippen LogP contribution < -0.4 is 19.5 Å². The van der Waals surface area contributed by atoms with E-state index in [9.17, 15) is 14.7 Å². The van der Waals surface area contributed by atoms with Crippen LogP contribution in [0.1, 0.15) is 34.2 Å². The molecule has 0 aromatic heterocycles. The minimum Gasteiger partial charge on any atom is -0.497 e. The molecule has 0 aliphatic carbocycles. The summed E-state index contributed by atoms with van der Waals surface area (Å²) in [5.74, 6) is -0.309. The highest BCUT2D eigenvalue weighted by Gasteiger charge is 2.48. The maximum absolute atomic E-state index is 13.2. The fourth-order valence-corrected chi connectivity index (χ4v) is 5.40. The molecule has 37 heavy (non-hydrogen) atoms. The van der Waals surface area contributed by atoms with Gasteiger partial charge in [0.2, 0.25) is 12.7 Å². The molecule has 2 aliphatic rings. The van der Waals surface area contributed by atoms with Gasteiger partial charge in [-0.3, -0.25) is 14.5 Å². The number of carbonyl (C=O) groups excluding carboxylic acids is 1. The minimum atomic E-state index is -0.916. The zero-order valence-electron chi connectivity index (χ0n) is 21.1. The molecule has 8 nitrogen and oxygen atoms in total. The van der Waals surface area contributed by atoms with Gasteiger partial charge >= 0.3 is 5.97 Å². The van der Waals surface area contributed by atoms with Crippen LogP contribution in [0.5, 0.6) is 17.2 Å². The third kappa shape index (κ3) is 4.97. The molecular formula is C29H30N2O6. The van der Waals surface area contributed by atoms with Crippen molar-refractivity contribution in [2.24, 2.45) is 5.92 Å². The molecule has 0 bridgehead atoms. The standard InChI is InChI=1S/C29H30N2O6/c1-17-4-10-23(18(2)12-17)30-26(32)15-31-14-22(20-7-11-24-25(13-20)37-16-36-24)27(29(33)34)28(31)19-5-8-21(35-3)9-6-19/h4-13,22,27-28H,14-16H2,1-3H3,(H,30,32)(H,33,34). The van der Waals surface area contributed by atoms with E-state index in [4.69, 9.17) is 14.2 Å². The second-order valence-electron chi connectivity index (χ2n) is 9.60. The molecule has 3 atom stereocenters. The molecule has 2 N–H and O–H groups in total. The van der Waals surface area contributed by atoms with Crippen LogP contribution in [0.4, 0.5) is 5.69 Å². The first-order valence-corrected chi connectivity index (χ1v) is 12.2. The van der Waals surface area contributed by atoms with Crippen molar-refractivity contribution in [3.8, 4) is 17.2 Å². The fourth-order valence-electron chi connectivity index (χ4n) is 5.40. The number of benzene rings is 3. The van der Waals surface area contributed by atoms with Gasteiger partial charge in [-0.05, 0) is 60.9 Å². The average Bonchev–Trinajstić information content (AvgIpc) is 3.50. The molecule has 0 radical (unpaired) electrons. The van der Waals surface area contributed by atoms with Crippen LogP contribution in [-0.4, -0.2) is 48.9 Å². The van der Waals surface area contributed by atoms with Gasteiger partial charge in [-0.25, -0.2) is 0 Å². The summed E-state index contributed by atoms with van der Waals surface area (Å²) in [6, 6.07) is 18.3. The van der Waals surface area contributed by atoms with Gasteiger partial charge < -0.3 is 24.6 Å². The summed E-state index contributed by atoms with van der Waals surface area (Å²) in [6.45, 7) is 4.55. The van der Waals surface area contributed by atoms with E-state index >= 15 is 0 Å². The van der Waals surface area contributed by atoms with Crippen molar-refractivity contribution in [1.29, 1.82) is 0 Å². The zero-order chi connectivity index (χ0) is 26.1. The highest BCUT2D eigenvalue weighted by molar-refractivity contribution is 5.93. The topological polar surface area (TPSA) is 97.3 Å². The Kier molecular flexibility index (Phi) is 6.76. The lowest BCUT2D eigenvalue weighted by Gasteiger charge is -2.27. The molecule has 3 unspecified atom stereocenters. The summed E-state index contributed by atoms with van der Waals surface area (Å²) in [6.07, 6.45) is 0. The number of amides is 1. The summed E-state index contributed by atoms with van der Waals surface area (Å²) in [5, 5.41) is 13.4. The normalized spacial score (nSPS) is 20.6. The number of aliphatic carboxylic acids is 1. The number of carboxylic acid groups (broad SMARTS) is 1. The average molecular weight is 503 g/mol. The first-order chi connectivity index (χ1) is 17.8. The van der Waals surface area contributed by atoms with Crippen LogP contribution in [0.25, 0.3) is 0 Å². The summed E-state index contributed by atoms with van der Waals surface area (Å²) in [7, 11) is 1.59. The zero-order valence-corrected chi connectivity index (χ0v) is 21.1. The number of hydrogen-bond donors (Lipinski definition) is 2. The van der Waals surface area contributed by atoms with Crippen LogP contribution >= 0.6 is 0 Å². The van der Waals surface area contributed by atoms with Gasteiger partial charge in [0.25, 0.3) is 0 Å². The number of rotatable bonds is 7. The van der Waals surface area contributed by atoms with Gasteiger partial charge in [0.1, 0.15) is 5.75 Å². The Labute approximate surface area is 215 Å². The van der Waals surface area contributed by atoms with Crippen molar-refractivity contribution in [3.05, 3.63) is 82.9 Å². The number of anilines is 1. The molecule has 5 rings (SSSR count). The largest absolute Gasteiger partial charge is 0.497 e. The number of nitrogens with zero attached hydrogens (tertiary/aromatic N) is 1. The van der Waals surface area contributed by atoms with Crippen molar-refractivity contribution >= 4 is 17.6 Å². The van der Waals surface area contributed by atoms with Crippen LogP contribution in [-0.2, 0) is 9.59 Å². The Hall–Kier alpha value is -4.04. The molecule has 1 fully saturated rings. The van der Waals surface area contributed by atoms with Crippen LogP contribution in [0, 0.1) is 19.8 Å². The molecule has 2 heterocycles. The quantitative estimate of drug-likeness (QED) is 0.490. The van der Waals surface area contributed by atoms with Crippen molar-refractivity contribution in [1.82, 2.24) is 4.90 Å². The third-order valence-electron chi connectivity index (χ3n) is 7.17. The summed E-state index contributed by atoms with van der Waals surface area (Å²) >= 11 is 0. The number of carboxylic acids is 1. The monoisotopic (exact) mass is 502 g/mol. The number of methoxy groups -OCH3 is 1. The van der Waals surface area contributed by atoms with E-state index < -0.39 is 17.9 Å². The van der Waals surface area contributed by atoms with Crippen molar-refractivity contribution in [2.45, 2.75) is 25.8 Å². The lowest BCUT2D eigenvalue weighted by atomic mass is 9.82.